The predicted octanol–water partition coefficient (Wildman–Crippen LogP) is 0.894. The summed E-state index contributed by atoms with van der Waals surface area (Å²) in [4.78, 5) is 37.4. The Morgan fingerprint density at radius 1 is 1.20 bits per heavy atom. The van der Waals surface area contributed by atoms with Crippen LogP contribution in [0.3, 0.4) is 0 Å². The van der Waals surface area contributed by atoms with Crippen LogP contribution in [0.2, 0.25) is 0 Å². The molecule has 0 aliphatic carbocycles. The van der Waals surface area contributed by atoms with Crippen molar-refractivity contribution in [3.8, 4) is 17.4 Å². The van der Waals surface area contributed by atoms with E-state index < -0.39 is 23.2 Å². The Morgan fingerprint density at radius 3 is 2.50 bits per heavy atom. The first-order valence-corrected chi connectivity index (χ1v) is 9.35. The van der Waals surface area contributed by atoms with Gasteiger partial charge in [0, 0.05) is 32.5 Å². The first-order valence-electron chi connectivity index (χ1n) is 9.35. The molecule has 1 aromatic heterocycles. The molecular formula is C20H24N4O6. The smallest absolute Gasteiger partial charge is 0.333 e. The molecule has 160 valence electrons. The maximum atomic E-state index is 12.7. The topological polar surface area (TPSA) is 115 Å². The van der Waals surface area contributed by atoms with Crippen LogP contribution in [0.5, 0.6) is 17.4 Å². The average Bonchev–Trinajstić information content (AvgIpc) is 3.20. The molecule has 0 unspecified atom stereocenters. The number of aromatic hydroxyl groups is 1. The highest BCUT2D eigenvalue weighted by molar-refractivity contribution is 6.04. The van der Waals surface area contributed by atoms with Crippen LogP contribution in [0.25, 0.3) is 0 Å². The molecule has 0 fully saturated rings. The Hall–Kier alpha value is -3.56. The number of nitrogens with zero attached hydrogens (tertiary/aromatic N) is 4. The van der Waals surface area contributed by atoms with E-state index in [9.17, 15) is 19.5 Å². The van der Waals surface area contributed by atoms with Gasteiger partial charge >= 0.3 is 5.69 Å². The van der Waals surface area contributed by atoms with E-state index in [0.29, 0.717) is 17.1 Å². The number of benzene rings is 1. The molecule has 1 aliphatic rings. The van der Waals surface area contributed by atoms with Crippen LogP contribution in [0.1, 0.15) is 36.9 Å². The van der Waals surface area contributed by atoms with Crippen molar-refractivity contribution in [2.75, 3.05) is 14.2 Å². The highest BCUT2D eigenvalue weighted by Gasteiger charge is 2.37. The number of hydrogen-bond donors (Lipinski definition) is 1. The van der Waals surface area contributed by atoms with Gasteiger partial charge in [0.05, 0.1) is 26.0 Å². The number of carbonyl (C=O) groups excluding carboxylic acids is 1. The van der Waals surface area contributed by atoms with Crippen LogP contribution in [0.4, 0.5) is 0 Å². The van der Waals surface area contributed by atoms with E-state index in [4.69, 9.17) is 9.47 Å². The summed E-state index contributed by atoms with van der Waals surface area (Å²) in [6.45, 7) is 1.71. The van der Waals surface area contributed by atoms with Gasteiger partial charge in [-0.25, -0.2) is 9.80 Å². The number of amides is 1. The van der Waals surface area contributed by atoms with Gasteiger partial charge in [0.25, 0.3) is 5.56 Å². The summed E-state index contributed by atoms with van der Waals surface area (Å²) in [5, 5.41) is 16.1. The fourth-order valence-corrected chi connectivity index (χ4v) is 3.48. The molecule has 10 nitrogen and oxygen atoms in total. The number of carbonyl (C=O) groups is 1. The summed E-state index contributed by atoms with van der Waals surface area (Å²) in [6.07, 6.45) is 0.340. The molecule has 1 amide bonds. The van der Waals surface area contributed by atoms with Crippen molar-refractivity contribution in [3.63, 3.8) is 0 Å². The van der Waals surface area contributed by atoms with Crippen molar-refractivity contribution >= 4 is 11.6 Å². The zero-order valence-electron chi connectivity index (χ0n) is 17.5. The molecule has 0 radical (unpaired) electrons. The molecule has 1 N–H and O–H groups in total. The lowest BCUT2D eigenvalue weighted by Gasteiger charge is -2.23. The summed E-state index contributed by atoms with van der Waals surface area (Å²) in [7, 11) is 5.72. The molecule has 0 saturated heterocycles. The van der Waals surface area contributed by atoms with E-state index >= 15 is 0 Å². The summed E-state index contributed by atoms with van der Waals surface area (Å²) >= 11 is 0. The summed E-state index contributed by atoms with van der Waals surface area (Å²) in [5.41, 5.74) is -0.597. The van der Waals surface area contributed by atoms with E-state index in [2.05, 4.69) is 5.10 Å². The van der Waals surface area contributed by atoms with Gasteiger partial charge in [0.2, 0.25) is 11.8 Å². The molecule has 0 bridgehead atoms. The predicted molar refractivity (Wildman–Crippen MR) is 109 cm³/mol. The van der Waals surface area contributed by atoms with E-state index in [-0.39, 0.29) is 30.0 Å². The van der Waals surface area contributed by atoms with Crippen LogP contribution in [-0.2, 0) is 18.9 Å². The van der Waals surface area contributed by atoms with Gasteiger partial charge in [-0.05, 0) is 18.2 Å². The lowest BCUT2D eigenvalue weighted by Crippen LogP contribution is -2.39. The van der Waals surface area contributed by atoms with Crippen molar-refractivity contribution in [3.05, 3.63) is 50.2 Å². The fraction of sp³-hybridized carbons (Fsp3) is 0.400. The molecule has 0 saturated carbocycles. The molecule has 3 rings (SSSR count). The van der Waals surface area contributed by atoms with E-state index in [1.807, 2.05) is 0 Å². The lowest BCUT2D eigenvalue weighted by molar-refractivity contribution is -0.132. The summed E-state index contributed by atoms with van der Waals surface area (Å²) in [6, 6.07) is 4.64. The second-order valence-electron chi connectivity index (χ2n) is 6.87. The molecule has 2 aromatic rings. The third kappa shape index (κ3) is 3.34. The number of rotatable bonds is 5. The second kappa shape index (κ2) is 8.05. The molecular weight excluding hydrogens is 392 g/mol. The summed E-state index contributed by atoms with van der Waals surface area (Å²) < 4.78 is 12.6. The van der Waals surface area contributed by atoms with Gasteiger partial charge in [-0.3, -0.25) is 18.7 Å². The minimum atomic E-state index is -0.684. The zero-order chi connectivity index (χ0) is 22.2. The maximum Gasteiger partial charge on any atom is 0.333 e. The molecule has 1 aromatic carbocycles. The summed E-state index contributed by atoms with van der Waals surface area (Å²) in [5.74, 6) is 0.345. The molecule has 0 spiro atoms. The Balaban J connectivity index is 2.18. The van der Waals surface area contributed by atoms with Gasteiger partial charge in [-0.2, -0.15) is 5.10 Å². The van der Waals surface area contributed by atoms with E-state index in [1.165, 1.54) is 33.3 Å². The molecule has 30 heavy (non-hydrogen) atoms. The molecule has 1 atom stereocenters. The second-order valence-corrected chi connectivity index (χ2v) is 6.87. The van der Waals surface area contributed by atoms with Crippen molar-refractivity contribution in [1.29, 1.82) is 0 Å². The van der Waals surface area contributed by atoms with Gasteiger partial charge < -0.3 is 14.6 Å². The molecule has 10 heteroatoms. The zero-order valence-corrected chi connectivity index (χ0v) is 17.5. The SMILES string of the molecule is CCC(=O)N1N=C(c2c(O)n(C)c(=O)n(C)c2=O)C[C@@H]1c1cc(OC)ccc1OC. The highest BCUT2D eigenvalue weighted by Crippen LogP contribution is 2.39. The standard InChI is InChI=1S/C20H24N4O6/c1-6-16(25)24-14(12-9-11(29-4)7-8-15(12)30-5)10-13(21-24)17-18(26)22(2)20(28)23(3)19(17)27/h7-9,14,26H,6,10H2,1-5H3/t14-/m1/s1. The van der Waals surface area contributed by atoms with Gasteiger partial charge in [-0.15, -0.1) is 0 Å². The van der Waals surface area contributed by atoms with Crippen molar-refractivity contribution in [2.45, 2.75) is 25.8 Å². The monoisotopic (exact) mass is 416 g/mol. The minimum absolute atomic E-state index is 0.113. The number of methoxy groups -OCH3 is 2. The quantitative estimate of drug-likeness (QED) is 0.774. The van der Waals surface area contributed by atoms with Crippen molar-refractivity contribution in [2.24, 2.45) is 19.2 Å². The fourth-order valence-electron chi connectivity index (χ4n) is 3.48. The van der Waals surface area contributed by atoms with Crippen LogP contribution in [-0.4, -0.2) is 45.1 Å². The molecule has 1 aliphatic heterocycles. The van der Waals surface area contributed by atoms with Gasteiger partial charge in [-0.1, -0.05) is 6.92 Å². The first-order chi connectivity index (χ1) is 14.2. The Labute approximate surface area is 172 Å². The molecule has 2 heterocycles. The third-order valence-electron chi connectivity index (χ3n) is 5.19. The number of aromatic nitrogens is 2. The van der Waals surface area contributed by atoms with Gasteiger partial charge in [0.15, 0.2) is 0 Å². The maximum absolute atomic E-state index is 12.7. The van der Waals surface area contributed by atoms with Crippen LogP contribution < -0.4 is 20.7 Å². The van der Waals surface area contributed by atoms with Crippen LogP contribution >= 0.6 is 0 Å². The normalized spacial score (nSPS) is 15.8. The van der Waals surface area contributed by atoms with Crippen LogP contribution in [0.15, 0.2) is 32.9 Å². The number of hydrazone groups is 1. The van der Waals surface area contributed by atoms with Crippen molar-refractivity contribution in [1.82, 2.24) is 14.1 Å². The van der Waals surface area contributed by atoms with Crippen molar-refractivity contribution < 1.29 is 19.4 Å². The third-order valence-corrected chi connectivity index (χ3v) is 5.19. The minimum Gasteiger partial charge on any atom is -0.497 e. The Bertz CT molecular complexity index is 1150. The Kier molecular flexibility index (Phi) is 5.68. The lowest BCUT2D eigenvalue weighted by atomic mass is 9.98. The van der Waals surface area contributed by atoms with Crippen LogP contribution in [0, 0.1) is 0 Å². The average molecular weight is 416 g/mol. The first kappa shape index (κ1) is 21.2. The highest BCUT2D eigenvalue weighted by atomic mass is 16.5. The van der Waals surface area contributed by atoms with E-state index in [0.717, 1.165) is 9.13 Å². The van der Waals surface area contributed by atoms with Gasteiger partial charge in [0.1, 0.15) is 17.1 Å². The number of hydrogen-bond acceptors (Lipinski definition) is 7. The Morgan fingerprint density at radius 2 is 1.90 bits per heavy atom. The number of ether oxygens (including phenoxy) is 2. The van der Waals surface area contributed by atoms with E-state index in [1.54, 1.807) is 25.1 Å². The largest absolute Gasteiger partial charge is 0.497 e.